The average Bonchev–Trinajstić information content (AvgIpc) is 3.47. The summed E-state index contributed by atoms with van der Waals surface area (Å²) in [5, 5.41) is 15.3. The number of carbonyl (C=O) groups is 1. The highest BCUT2D eigenvalue weighted by Crippen LogP contribution is 2.33. The zero-order valence-electron chi connectivity index (χ0n) is 19.9. The number of alkyl halides is 1. The Kier molecular flexibility index (Phi) is 7.98. The molecular formula is C26H26ClN5O4S. The number of aliphatic hydroxyl groups excluding tert-OH is 1. The van der Waals surface area contributed by atoms with Crippen LogP contribution in [0.25, 0.3) is 10.9 Å². The molecule has 2 atom stereocenters. The Hall–Kier alpha value is -3.47. The molecule has 1 aliphatic rings. The average molecular weight is 540 g/mol. The maximum Gasteiger partial charge on any atom is 0.248 e. The van der Waals surface area contributed by atoms with E-state index in [1.165, 1.54) is 17.7 Å². The van der Waals surface area contributed by atoms with Crippen molar-refractivity contribution in [2.75, 3.05) is 25.1 Å². The lowest BCUT2D eigenvalue weighted by Crippen LogP contribution is -2.47. The summed E-state index contributed by atoms with van der Waals surface area (Å²) < 4.78 is 12.1. The van der Waals surface area contributed by atoms with Gasteiger partial charge < -0.3 is 24.8 Å². The summed E-state index contributed by atoms with van der Waals surface area (Å²) in [6.45, 7) is 0.447. The van der Waals surface area contributed by atoms with Crippen LogP contribution in [0.3, 0.4) is 0 Å². The summed E-state index contributed by atoms with van der Waals surface area (Å²) in [5.41, 5.74) is 3.15. The van der Waals surface area contributed by atoms with Crippen molar-refractivity contribution in [1.29, 1.82) is 0 Å². The SMILES string of the molecule is O=C(CO)N1CCCC[C@@H]1COc1cccc2ncnc(Nc3cccc(OC(Cl)c4cscn4)c3)c12. The first-order valence-electron chi connectivity index (χ1n) is 11.9. The van der Waals surface area contributed by atoms with Gasteiger partial charge in [0.15, 0.2) is 0 Å². The third kappa shape index (κ3) is 5.93. The first kappa shape index (κ1) is 25.2. The van der Waals surface area contributed by atoms with E-state index in [1.807, 2.05) is 47.8 Å². The lowest BCUT2D eigenvalue weighted by atomic mass is 10.0. The minimum absolute atomic E-state index is 0.0975. The van der Waals surface area contributed by atoms with Gasteiger partial charge in [0, 0.05) is 23.7 Å². The van der Waals surface area contributed by atoms with E-state index in [0.29, 0.717) is 36.2 Å². The number of nitrogens with zero attached hydrogens (tertiary/aromatic N) is 4. The number of hydrogen-bond acceptors (Lipinski definition) is 9. The predicted octanol–water partition coefficient (Wildman–Crippen LogP) is 4.90. The zero-order chi connectivity index (χ0) is 25.6. The van der Waals surface area contributed by atoms with Crippen molar-refractivity contribution in [3.63, 3.8) is 0 Å². The van der Waals surface area contributed by atoms with Crippen LogP contribution in [0.15, 0.2) is 59.7 Å². The van der Waals surface area contributed by atoms with Gasteiger partial charge in [-0.2, -0.15) is 0 Å². The van der Waals surface area contributed by atoms with Crippen LogP contribution in [0.5, 0.6) is 11.5 Å². The topological polar surface area (TPSA) is 110 Å². The Morgan fingerprint density at radius 3 is 2.95 bits per heavy atom. The van der Waals surface area contributed by atoms with Gasteiger partial charge in [0.2, 0.25) is 11.5 Å². The molecule has 0 saturated carbocycles. The van der Waals surface area contributed by atoms with E-state index >= 15 is 0 Å². The number of likely N-dealkylation sites (tertiary alicyclic amines) is 1. The molecule has 2 aromatic heterocycles. The second kappa shape index (κ2) is 11.7. The number of ether oxygens (including phenoxy) is 2. The van der Waals surface area contributed by atoms with Gasteiger partial charge in [-0.15, -0.1) is 11.3 Å². The molecule has 1 saturated heterocycles. The van der Waals surface area contributed by atoms with Crippen molar-refractivity contribution in [3.8, 4) is 11.5 Å². The molecule has 192 valence electrons. The summed E-state index contributed by atoms with van der Waals surface area (Å²) in [5.74, 6) is 1.50. The number of piperidine rings is 1. The first-order valence-corrected chi connectivity index (χ1v) is 13.3. The Balaban J connectivity index is 1.36. The Morgan fingerprint density at radius 2 is 2.11 bits per heavy atom. The Morgan fingerprint density at radius 1 is 1.22 bits per heavy atom. The fourth-order valence-electron chi connectivity index (χ4n) is 4.37. The van der Waals surface area contributed by atoms with Crippen LogP contribution in [0.1, 0.15) is 30.5 Å². The van der Waals surface area contributed by atoms with Crippen LogP contribution < -0.4 is 14.8 Å². The highest BCUT2D eigenvalue weighted by Gasteiger charge is 2.27. The molecule has 3 heterocycles. The van der Waals surface area contributed by atoms with Gasteiger partial charge in [-0.25, -0.2) is 15.0 Å². The number of rotatable bonds is 9. The van der Waals surface area contributed by atoms with Crippen molar-refractivity contribution in [2.24, 2.45) is 0 Å². The van der Waals surface area contributed by atoms with E-state index in [-0.39, 0.29) is 11.9 Å². The molecule has 5 rings (SSSR count). The van der Waals surface area contributed by atoms with Crippen molar-refractivity contribution in [1.82, 2.24) is 19.9 Å². The number of anilines is 2. The smallest absolute Gasteiger partial charge is 0.248 e. The third-order valence-electron chi connectivity index (χ3n) is 6.16. The Labute approximate surface area is 223 Å². The molecule has 9 nitrogen and oxygen atoms in total. The summed E-state index contributed by atoms with van der Waals surface area (Å²) in [6, 6.07) is 12.9. The van der Waals surface area contributed by atoms with E-state index in [2.05, 4.69) is 20.3 Å². The minimum atomic E-state index is -0.696. The fourth-order valence-corrected chi connectivity index (χ4v) is 5.23. The highest BCUT2D eigenvalue weighted by atomic mass is 35.5. The summed E-state index contributed by atoms with van der Waals surface area (Å²) in [6.07, 6.45) is 4.26. The number of halogens is 1. The van der Waals surface area contributed by atoms with Crippen LogP contribution >= 0.6 is 22.9 Å². The molecule has 0 bridgehead atoms. The summed E-state index contributed by atoms with van der Waals surface area (Å²) in [4.78, 5) is 27.0. The molecule has 0 aliphatic carbocycles. The summed E-state index contributed by atoms with van der Waals surface area (Å²) >= 11 is 7.81. The normalized spacial score (nSPS) is 16.4. The molecule has 0 spiro atoms. The molecular weight excluding hydrogens is 514 g/mol. The lowest BCUT2D eigenvalue weighted by molar-refractivity contribution is -0.138. The maximum atomic E-state index is 12.2. The highest BCUT2D eigenvalue weighted by molar-refractivity contribution is 7.07. The molecule has 11 heteroatoms. The second-order valence-electron chi connectivity index (χ2n) is 8.58. The standard InChI is InChI=1S/C26H26ClN5O4S/c27-25(21-14-37-16-30-21)36-19-7-3-5-17(11-19)31-26-24-20(28-15-29-26)8-4-9-22(24)35-13-18-6-1-2-10-32(18)23(34)12-33/h3-5,7-9,11,14-16,18,25,33H,1-2,6,10,12-13H2,(H,28,29,31)/t18-,25?/m1/s1. The molecule has 1 fully saturated rings. The fraction of sp³-hybridized carbons (Fsp3) is 0.308. The van der Waals surface area contributed by atoms with E-state index in [1.54, 1.807) is 10.4 Å². The van der Waals surface area contributed by atoms with Gasteiger partial charge in [-0.05, 0) is 43.5 Å². The number of amides is 1. The van der Waals surface area contributed by atoms with Gasteiger partial charge in [-0.1, -0.05) is 23.7 Å². The van der Waals surface area contributed by atoms with Crippen molar-refractivity contribution < 1.29 is 19.4 Å². The number of benzene rings is 2. The number of aliphatic hydroxyl groups is 1. The van der Waals surface area contributed by atoms with Crippen LogP contribution in [0.2, 0.25) is 0 Å². The zero-order valence-corrected chi connectivity index (χ0v) is 21.5. The van der Waals surface area contributed by atoms with Gasteiger partial charge in [0.1, 0.15) is 42.6 Å². The second-order valence-corrected chi connectivity index (χ2v) is 9.69. The molecule has 0 radical (unpaired) electrons. The molecule has 37 heavy (non-hydrogen) atoms. The number of nitrogens with one attached hydrogen (secondary N) is 1. The van der Waals surface area contributed by atoms with Gasteiger partial charge in [-0.3, -0.25) is 4.79 Å². The van der Waals surface area contributed by atoms with Crippen molar-refractivity contribution >= 4 is 51.3 Å². The predicted molar refractivity (Wildman–Crippen MR) is 143 cm³/mol. The monoisotopic (exact) mass is 539 g/mol. The molecule has 4 aromatic rings. The van der Waals surface area contributed by atoms with E-state index in [4.69, 9.17) is 21.1 Å². The maximum absolute atomic E-state index is 12.2. The van der Waals surface area contributed by atoms with Gasteiger partial charge in [0.25, 0.3) is 0 Å². The van der Waals surface area contributed by atoms with Crippen LogP contribution in [-0.4, -0.2) is 56.7 Å². The van der Waals surface area contributed by atoms with E-state index < -0.39 is 12.2 Å². The molecule has 1 amide bonds. The van der Waals surface area contributed by atoms with E-state index in [9.17, 15) is 9.90 Å². The Bertz CT molecular complexity index is 1350. The third-order valence-corrected chi connectivity index (χ3v) is 7.08. The van der Waals surface area contributed by atoms with Gasteiger partial charge in [0.05, 0.1) is 22.5 Å². The number of thiazole rings is 1. The van der Waals surface area contributed by atoms with E-state index in [0.717, 1.165) is 35.9 Å². The minimum Gasteiger partial charge on any atom is -0.491 e. The number of fused-ring (bicyclic) bond motifs is 1. The van der Waals surface area contributed by atoms with Crippen LogP contribution in [0.4, 0.5) is 11.5 Å². The molecule has 2 aromatic carbocycles. The van der Waals surface area contributed by atoms with Crippen molar-refractivity contribution in [3.05, 3.63) is 65.4 Å². The largest absolute Gasteiger partial charge is 0.491 e. The molecule has 2 N–H and O–H groups in total. The van der Waals surface area contributed by atoms with Crippen LogP contribution in [-0.2, 0) is 4.79 Å². The number of carbonyl (C=O) groups excluding carboxylic acids is 1. The van der Waals surface area contributed by atoms with Gasteiger partial charge >= 0.3 is 0 Å². The first-order chi connectivity index (χ1) is 18.1. The lowest BCUT2D eigenvalue weighted by Gasteiger charge is -2.35. The number of aromatic nitrogens is 3. The quantitative estimate of drug-likeness (QED) is 0.289. The molecule has 1 aliphatic heterocycles. The molecule has 1 unspecified atom stereocenters. The van der Waals surface area contributed by atoms with Crippen LogP contribution in [0, 0.1) is 0 Å². The summed E-state index contributed by atoms with van der Waals surface area (Å²) in [7, 11) is 0. The number of hydrogen-bond donors (Lipinski definition) is 2. The van der Waals surface area contributed by atoms with Crippen molar-refractivity contribution in [2.45, 2.75) is 30.9 Å².